The third-order valence-electron chi connectivity index (χ3n) is 4.93. The van der Waals surface area contributed by atoms with Gasteiger partial charge in [-0.25, -0.2) is 9.82 Å². The highest BCUT2D eigenvalue weighted by Crippen LogP contribution is 2.36. The maximum absolute atomic E-state index is 13.7. The molecule has 0 saturated carbocycles. The van der Waals surface area contributed by atoms with E-state index in [2.05, 4.69) is 37.1 Å². The molecule has 0 aliphatic heterocycles. The molecule has 0 heterocycles. The first kappa shape index (κ1) is 28.6. The fourth-order valence-corrected chi connectivity index (χ4v) is 3.84. The number of para-hydroxylation sites is 1. The molecule has 9 nitrogen and oxygen atoms in total. The molecule has 3 amide bonds. The number of benzene rings is 3. The van der Waals surface area contributed by atoms with E-state index >= 15 is 0 Å². The van der Waals surface area contributed by atoms with Gasteiger partial charge in [-0.05, 0) is 77.3 Å². The van der Waals surface area contributed by atoms with Crippen LogP contribution in [0.25, 0.3) is 0 Å². The predicted octanol–water partition coefficient (Wildman–Crippen LogP) is 5.06. The normalized spacial score (nSPS) is 10.7. The number of amides is 3. The summed E-state index contributed by atoms with van der Waals surface area (Å²) in [5, 5.41) is 9.21. The summed E-state index contributed by atoms with van der Waals surface area (Å²) < 4.78 is 25.5. The Balaban J connectivity index is 1.63. The summed E-state index contributed by atoms with van der Waals surface area (Å²) in [6, 6.07) is 13.8. The number of nitrogens with one attached hydrogen (secondary N) is 3. The van der Waals surface area contributed by atoms with Crippen molar-refractivity contribution in [1.29, 1.82) is 0 Å². The molecular weight excluding hydrogens is 583 g/mol. The molecule has 198 valence electrons. The number of nitrogens with zero attached hydrogens (tertiary/aromatic N) is 1. The number of ether oxygens (including phenoxy) is 2. The summed E-state index contributed by atoms with van der Waals surface area (Å²) in [7, 11) is 0. The lowest BCUT2D eigenvalue weighted by Crippen LogP contribution is -2.32. The van der Waals surface area contributed by atoms with Gasteiger partial charge in [0.15, 0.2) is 18.1 Å². The molecule has 0 aliphatic carbocycles. The average molecular weight is 606 g/mol. The topological polar surface area (TPSA) is 118 Å². The van der Waals surface area contributed by atoms with Gasteiger partial charge in [-0.2, -0.15) is 5.10 Å². The van der Waals surface area contributed by atoms with Gasteiger partial charge in [0.2, 0.25) is 0 Å². The van der Waals surface area contributed by atoms with Crippen LogP contribution in [0.1, 0.15) is 18.1 Å². The van der Waals surface area contributed by atoms with E-state index in [9.17, 15) is 18.8 Å². The molecular formula is C26H23BrClFN4O5. The summed E-state index contributed by atoms with van der Waals surface area (Å²) in [4.78, 5) is 36.4. The molecule has 3 N–H and O–H groups in total. The molecule has 0 aromatic heterocycles. The number of hydrogen-bond donors (Lipinski definition) is 3. The van der Waals surface area contributed by atoms with Crippen molar-refractivity contribution in [3.8, 4) is 11.5 Å². The second kappa shape index (κ2) is 13.5. The van der Waals surface area contributed by atoms with Crippen LogP contribution in [0.4, 0.5) is 15.8 Å². The molecule has 0 saturated heterocycles. The monoisotopic (exact) mass is 604 g/mol. The zero-order valence-electron chi connectivity index (χ0n) is 20.3. The Morgan fingerprint density at radius 3 is 2.50 bits per heavy atom. The summed E-state index contributed by atoms with van der Waals surface area (Å²) in [6.07, 6.45) is 1.28. The summed E-state index contributed by atoms with van der Waals surface area (Å²) in [5.41, 5.74) is 3.74. The van der Waals surface area contributed by atoms with E-state index in [-0.39, 0.29) is 18.0 Å². The molecule has 38 heavy (non-hydrogen) atoms. The summed E-state index contributed by atoms with van der Waals surface area (Å²) >= 11 is 9.49. The number of rotatable bonds is 9. The number of halogens is 3. The first-order chi connectivity index (χ1) is 18.2. The number of anilines is 2. The SMILES string of the molecule is CCOc1cc(/C=N\NC(=O)C(=O)Nc2ccccc2F)cc(Br)c1OCC(=O)Nc1cccc(Cl)c1C. The Labute approximate surface area is 231 Å². The molecule has 12 heteroatoms. The quantitative estimate of drug-likeness (QED) is 0.179. The van der Waals surface area contributed by atoms with Crippen molar-refractivity contribution in [1.82, 2.24) is 5.43 Å². The van der Waals surface area contributed by atoms with Gasteiger partial charge in [-0.3, -0.25) is 14.4 Å². The fourth-order valence-electron chi connectivity index (χ4n) is 3.09. The molecule has 0 atom stereocenters. The highest BCUT2D eigenvalue weighted by Gasteiger charge is 2.16. The van der Waals surface area contributed by atoms with Gasteiger partial charge >= 0.3 is 11.8 Å². The number of carbonyl (C=O) groups is 3. The molecule has 0 radical (unpaired) electrons. The van der Waals surface area contributed by atoms with Crippen molar-refractivity contribution in [2.24, 2.45) is 5.10 Å². The molecule has 0 aliphatic rings. The number of carbonyl (C=O) groups excluding carboxylic acids is 3. The molecule has 3 aromatic rings. The highest BCUT2D eigenvalue weighted by atomic mass is 79.9. The third kappa shape index (κ3) is 7.77. The Kier molecular flexibility index (Phi) is 10.2. The zero-order valence-corrected chi connectivity index (χ0v) is 22.7. The van der Waals surface area contributed by atoms with E-state index in [4.69, 9.17) is 21.1 Å². The Bertz CT molecular complexity index is 1390. The van der Waals surface area contributed by atoms with Gasteiger partial charge in [0.05, 0.1) is 23.0 Å². The molecule has 0 bridgehead atoms. The van der Waals surface area contributed by atoms with Crippen LogP contribution in [0, 0.1) is 12.7 Å². The van der Waals surface area contributed by atoms with E-state index < -0.39 is 23.5 Å². The van der Waals surface area contributed by atoms with Gasteiger partial charge in [-0.15, -0.1) is 0 Å². The molecule has 0 spiro atoms. The maximum atomic E-state index is 13.7. The van der Waals surface area contributed by atoms with E-state index in [1.807, 2.05) is 0 Å². The van der Waals surface area contributed by atoms with Crippen LogP contribution in [0.15, 0.2) is 64.2 Å². The summed E-state index contributed by atoms with van der Waals surface area (Å²) in [6.45, 7) is 3.58. The molecule has 3 rings (SSSR count). The lowest BCUT2D eigenvalue weighted by atomic mass is 10.2. The average Bonchev–Trinajstić information content (AvgIpc) is 2.87. The van der Waals surface area contributed by atoms with E-state index in [1.54, 1.807) is 44.2 Å². The van der Waals surface area contributed by atoms with Gasteiger partial charge in [0.1, 0.15) is 5.82 Å². The van der Waals surface area contributed by atoms with Crippen molar-refractivity contribution in [3.05, 3.63) is 81.0 Å². The van der Waals surface area contributed by atoms with Gasteiger partial charge in [-0.1, -0.05) is 29.8 Å². The van der Waals surface area contributed by atoms with Crippen molar-refractivity contribution < 1.29 is 28.2 Å². The van der Waals surface area contributed by atoms with Gasteiger partial charge < -0.3 is 20.1 Å². The minimum Gasteiger partial charge on any atom is -0.490 e. The predicted molar refractivity (Wildman–Crippen MR) is 146 cm³/mol. The second-order valence-electron chi connectivity index (χ2n) is 7.65. The number of hydrazone groups is 1. The first-order valence-corrected chi connectivity index (χ1v) is 12.4. The van der Waals surface area contributed by atoms with Gasteiger partial charge in [0, 0.05) is 10.7 Å². The van der Waals surface area contributed by atoms with Crippen molar-refractivity contribution in [2.45, 2.75) is 13.8 Å². The Morgan fingerprint density at radius 2 is 1.76 bits per heavy atom. The van der Waals surface area contributed by atoms with Crippen LogP contribution < -0.4 is 25.5 Å². The van der Waals surface area contributed by atoms with Crippen molar-refractivity contribution >= 4 is 62.8 Å². The molecule has 0 fully saturated rings. The van der Waals surface area contributed by atoms with Crippen LogP contribution in [0.3, 0.4) is 0 Å². The van der Waals surface area contributed by atoms with Crippen molar-refractivity contribution in [2.75, 3.05) is 23.8 Å². The third-order valence-corrected chi connectivity index (χ3v) is 5.93. The van der Waals surface area contributed by atoms with E-state index in [1.165, 1.54) is 24.4 Å². The van der Waals surface area contributed by atoms with Crippen molar-refractivity contribution in [3.63, 3.8) is 0 Å². The maximum Gasteiger partial charge on any atom is 0.329 e. The Hall–Kier alpha value is -3.96. The minimum atomic E-state index is -1.09. The Morgan fingerprint density at radius 1 is 1.03 bits per heavy atom. The van der Waals surface area contributed by atoms with E-state index in [0.29, 0.717) is 33.1 Å². The number of hydrogen-bond acceptors (Lipinski definition) is 6. The smallest absolute Gasteiger partial charge is 0.329 e. The highest BCUT2D eigenvalue weighted by molar-refractivity contribution is 9.10. The standard InChI is InChI=1S/C26H23BrClFN4O5/c1-3-37-22-12-16(13-30-33-26(36)25(35)32-21-9-5-4-8-19(21)29)11-17(27)24(22)38-14-23(34)31-20-10-6-7-18(28)15(20)2/h4-13H,3,14H2,1-2H3,(H,31,34)(H,32,35)(H,33,36)/b30-13-. The minimum absolute atomic E-state index is 0.131. The van der Waals surface area contributed by atoms with Crippen LogP contribution in [0.2, 0.25) is 5.02 Å². The largest absolute Gasteiger partial charge is 0.490 e. The second-order valence-corrected chi connectivity index (χ2v) is 8.91. The lowest BCUT2D eigenvalue weighted by molar-refractivity contribution is -0.136. The molecule has 3 aromatic carbocycles. The first-order valence-electron chi connectivity index (χ1n) is 11.2. The van der Waals surface area contributed by atoms with Crippen LogP contribution >= 0.6 is 27.5 Å². The van der Waals surface area contributed by atoms with Crippen LogP contribution in [0.5, 0.6) is 11.5 Å². The summed E-state index contributed by atoms with van der Waals surface area (Å²) in [5.74, 6) is -2.64. The van der Waals surface area contributed by atoms with Crippen LogP contribution in [-0.4, -0.2) is 37.1 Å². The molecule has 0 unspecified atom stereocenters. The van der Waals surface area contributed by atoms with Crippen LogP contribution in [-0.2, 0) is 14.4 Å². The lowest BCUT2D eigenvalue weighted by Gasteiger charge is -2.15. The van der Waals surface area contributed by atoms with E-state index in [0.717, 1.165) is 11.6 Å². The van der Waals surface area contributed by atoms with Gasteiger partial charge in [0.25, 0.3) is 5.91 Å². The zero-order chi connectivity index (χ0) is 27.7. The fraction of sp³-hybridized carbons (Fsp3) is 0.154.